The van der Waals surface area contributed by atoms with Crippen molar-refractivity contribution in [3.8, 4) is 0 Å². The Morgan fingerprint density at radius 2 is 1.88 bits per heavy atom. The molecule has 1 aromatic rings. The number of hydrogen-bond donors (Lipinski definition) is 1. The molecule has 0 fully saturated rings. The normalized spacial score (nSPS) is 12.1. The van der Waals surface area contributed by atoms with Crippen molar-refractivity contribution in [3.05, 3.63) is 22.8 Å². The fraction of sp³-hybridized carbons (Fsp3) is 0.167. The first-order chi connectivity index (χ1) is 6.62. The Hall–Kier alpha value is 0.140. The summed E-state index contributed by atoms with van der Waals surface area (Å²) >= 11 is 5.22. The molecule has 0 saturated carbocycles. The van der Waals surface area contributed by atoms with Gasteiger partial charge in [0.05, 0.1) is 10.6 Å². The fourth-order valence-electron chi connectivity index (χ4n) is 0.770. The Morgan fingerprint density at radius 3 is 2.19 bits per heavy atom. The molecule has 1 rings (SSSR count). The number of alkyl halides is 3. The molecule has 1 heterocycles. The fourth-order valence-corrected chi connectivity index (χ4v) is 1.72. The van der Waals surface area contributed by atoms with Crippen LogP contribution in [0.3, 0.4) is 0 Å². The third-order valence-corrected chi connectivity index (χ3v) is 2.59. The van der Waals surface area contributed by atoms with Gasteiger partial charge in [0.25, 0.3) is 0 Å². The maximum absolute atomic E-state index is 12.1. The number of pyridine rings is 1. The molecule has 0 saturated heterocycles. The number of hydrogen-bond acceptors (Lipinski definition) is 3. The van der Waals surface area contributed by atoms with E-state index < -0.39 is 31.9 Å². The number of aromatic nitrogens is 1. The summed E-state index contributed by atoms with van der Waals surface area (Å²) in [5, 5.41) is -1.79. The SMILES string of the molecule is O=S(=O)(O)c1ncc(C(F)(F)F)cc1Cl.[NaH]. The molecule has 86 valence electrons. The van der Waals surface area contributed by atoms with Crippen LogP contribution >= 0.6 is 11.6 Å². The molecule has 0 aliphatic rings. The van der Waals surface area contributed by atoms with Gasteiger partial charge in [-0.25, -0.2) is 4.98 Å². The maximum atomic E-state index is 12.1. The molecule has 0 atom stereocenters. The van der Waals surface area contributed by atoms with E-state index in [1.54, 1.807) is 0 Å². The first-order valence-corrected chi connectivity index (χ1v) is 5.14. The van der Waals surface area contributed by atoms with Crippen molar-refractivity contribution in [2.75, 3.05) is 0 Å². The van der Waals surface area contributed by atoms with Crippen molar-refractivity contribution in [1.82, 2.24) is 4.98 Å². The van der Waals surface area contributed by atoms with Crippen LogP contribution < -0.4 is 0 Å². The summed E-state index contributed by atoms with van der Waals surface area (Å²) in [7, 11) is -4.71. The van der Waals surface area contributed by atoms with Crippen molar-refractivity contribution in [2.45, 2.75) is 11.2 Å². The van der Waals surface area contributed by atoms with Crippen LogP contribution in [-0.2, 0) is 16.3 Å². The summed E-state index contributed by atoms with van der Waals surface area (Å²) in [5.74, 6) is 0. The van der Waals surface area contributed by atoms with Crippen molar-refractivity contribution < 1.29 is 26.1 Å². The molecule has 0 spiro atoms. The van der Waals surface area contributed by atoms with E-state index >= 15 is 0 Å². The topological polar surface area (TPSA) is 67.3 Å². The van der Waals surface area contributed by atoms with Crippen LogP contribution in [0.15, 0.2) is 17.3 Å². The Bertz CT molecular complexity index is 490. The summed E-state index contributed by atoms with van der Waals surface area (Å²) in [6.07, 6.45) is -4.40. The quantitative estimate of drug-likeness (QED) is 0.625. The molecule has 4 nitrogen and oxygen atoms in total. The van der Waals surface area contributed by atoms with Gasteiger partial charge in [0.2, 0.25) is 5.03 Å². The average molecular weight is 286 g/mol. The third-order valence-electron chi connectivity index (χ3n) is 1.38. The van der Waals surface area contributed by atoms with Crippen LogP contribution in [0.5, 0.6) is 0 Å². The van der Waals surface area contributed by atoms with Gasteiger partial charge in [0.1, 0.15) is 0 Å². The molecule has 0 bridgehead atoms. The van der Waals surface area contributed by atoms with Gasteiger partial charge in [0.15, 0.2) is 0 Å². The van der Waals surface area contributed by atoms with Gasteiger partial charge in [-0.15, -0.1) is 0 Å². The van der Waals surface area contributed by atoms with E-state index in [9.17, 15) is 21.6 Å². The van der Waals surface area contributed by atoms with Crippen LogP contribution in [0.1, 0.15) is 5.56 Å². The van der Waals surface area contributed by atoms with Gasteiger partial charge in [0, 0.05) is 6.20 Å². The van der Waals surface area contributed by atoms with Gasteiger partial charge < -0.3 is 0 Å². The Labute approximate surface area is 116 Å². The van der Waals surface area contributed by atoms with Crippen molar-refractivity contribution in [1.29, 1.82) is 0 Å². The molecule has 0 aromatic carbocycles. The Kier molecular flexibility index (Phi) is 5.24. The Morgan fingerprint density at radius 1 is 1.38 bits per heavy atom. The summed E-state index contributed by atoms with van der Waals surface area (Å²) in [6, 6.07) is 0.373. The molecule has 1 N–H and O–H groups in total. The molecular formula is C6H4ClF3NNaO3S. The molecule has 10 heteroatoms. The van der Waals surface area contributed by atoms with Crippen LogP contribution in [0.2, 0.25) is 5.02 Å². The van der Waals surface area contributed by atoms with Crippen molar-refractivity contribution in [2.24, 2.45) is 0 Å². The van der Waals surface area contributed by atoms with Crippen LogP contribution in [0, 0.1) is 0 Å². The second-order valence-electron chi connectivity index (χ2n) is 2.48. The zero-order valence-corrected chi connectivity index (χ0v) is 8.36. The van der Waals surface area contributed by atoms with Crippen LogP contribution in [0.25, 0.3) is 0 Å². The molecule has 0 unspecified atom stereocenters. The molecule has 0 amide bonds. The standard InChI is InChI=1S/C6H3ClF3NO3S.Na.H/c7-4-1-3(6(8,9)10)2-11-5(4)15(12,13)14;;/h1-2H,(H,12,13,14);;. The molecule has 0 aliphatic carbocycles. The monoisotopic (exact) mass is 285 g/mol. The first-order valence-electron chi connectivity index (χ1n) is 3.32. The zero-order valence-electron chi connectivity index (χ0n) is 6.79. The predicted octanol–water partition coefficient (Wildman–Crippen LogP) is 1.35. The first kappa shape index (κ1) is 16.1. The Balaban J connectivity index is 0.00000225. The van der Waals surface area contributed by atoms with Gasteiger partial charge >= 0.3 is 45.9 Å². The number of nitrogens with zero attached hydrogens (tertiary/aromatic N) is 1. The van der Waals surface area contributed by atoms with E-state index in [-0.39, 0.29) is 35.8 Å². The summed E-state index contributed by atoms with van der Waals surface area (Å²) in [4.78, 5) is 2.93. The van der Waals surface area contributed by atoms with Gasteiger partial charge in [-0.05, 0) is 6.07 Å². The average Bonchev–Trinajstić information content (AvgIpc) is 1.99. The summed E-state index contributed by atoms with van der Waals surface area (Å²) < 4.78 is 65.8. The molecule has 16 heavy (non-hydrogen) atoms. The van der Waals surface area contributed by atoms with Crippen molar-refractivity contribution in [3.63, 3.8) is 0 Å². The van der Waals surface area contributed by atoms with Gasteiger partial charge in [-0.1, -0.05) is 11.6 Å². The minimum atomic E-state index is -4.71. The second kappa shape index (κ2) is 5.19. The minimum absolute atomic E-state index is 0. The molecular weight excluding hydrogens is 282 g/mol. The number of rotatable bonds is 1. The number of halogens is 4. The second-order valence-corrected chi connectivity index (χ2v) is 4.23. The van der Waals surface area contributed by atoms with E-state index in [4.69, 9.17) is 16.2 Å². The molecule has 0 radical (unpaired) electrons. The van der Waals surface area contributed by atoms with E-state index in [1.165, 1.54) is 0 Å². The molecule has 1 aromatic heterocycles. The third kappa shape index (κ3) is 3.86. The van der Waals surface area contributed by atoms with Crippen LogP contribution in [-0.4, -0.2) is 47.5 Å². The van der Waals surface area contributed by atoms with E-state index in [1.807, 2.05) is 0 Å². The van der Waals surface area contributed by atoms with E-state index in [0.717, 1.165) is 0 Å². The summed E-state index contributed by atoms with van der Waals surface area (Å²) in [5.41, 5.74) is -1.19. The predicted molar refractivity (Wildman–Crippen MR) is 51.2 cm³/mol. The molecule has 0 aliphatic heterocycles. The van der Waals surface area contributed by atoms with Crippen molar-refractivity contribution >= 4 is 51.3 Å². The van der Waals surface area contributed by atoms with Gasteiger partial charge in [-0.2, -0.15) is 21.6 Å². The van der Waals surface area contributed by atoms with E-state index in [2.05, 4.69) is 4.98 Å². The summed E-state index contributed by atoms with van der Waals surface area (Å²) in [6.45, 7) is 0. The van der Waals surface area contributed by atoms with Crippen LogP contribution in [0.4, 0.5) is 13.2 Å². The zero-order chi connectivity index (χ0) is 11.9. The van der Waals surface area contributed by atoms with Gasteiger partial charge in [-0.3, -0.25) is 4.55 Å². The van der Waals surface area contributed by atoms with E-state index in [0.29, 0.717) is 6.07 Å².